The summed E-state index contributed by atoms with van der Waals surface area (Å²) in [5.74, 6) is 0.320. The van der Waals surface area contributed by atoms with E-state index in [2.05, 4.69) is 25.9 Å². The van der Waals surface area contributed by atoms with E-state index in [1.165, 1.54) is 6.20 Å². The number of anilines is 3. The molecule has 1 saturated heterocycles. The fraction of sp³-hybridized carbons (Fsp3) is 0.316. The average molecular weight is 365 g/mol. The quantitative estimate of drug-likeness (QED) is 0.550. The van der Waals surface area contributed by atoms with Crippen LogP contribution in [0.5, 0.6) is 0 Å². The first kappa shape index (κ1) is 17.3. The molecular formula is C19H23N7O. The Kier molecular flexibility index (Phi) is 4.64. The minimum atomic E-state index is -0.566. The maximum Gasteiger partial charge on any atom is 0.254 e. The third kappa shape index (κ3) is 3.56. The van der Waals surface area contributed by atoms with Crippen LogP contribution < -0.4 is 21.7 Å². The number of fused-ring (bicyclic) bond motifs is 1. The van der Waals surface area contributed by atoms with E-state index in [0.717, 1.165) is 42.5 Å². The molecule has 0 spiro atoms. The average Bonchev–Trinajstić information content (AvgIpc) is 3.05. The molecule has 1 unspecified atom stereocenters. The fourth-order valence-electron chi connectivity index (χ4n) is 3.42. The van der Waals surface area contributed by atoms with E-state index in [4.69, 9.17) is 5.73 Å². The van der Waals surface area contributed by atoms with Crippen LogP contribution in [0.1, 0.15) is 23.2 Å². The van der Waals surface area contributed by atoms with Crippen LogP contribution in [0.4, 0.5) is 17.5 Å². The van der Waals surface area contributed by atoms with Crippen molar-refractivity contribution in [2.45, 2.75) is 18.9 Å². The number of piperidine rings is 1. The van der Waals surface area contributed by atoms with Crippen molar-refractivity contribution in [3.8, 4) is 0 Å². The molecule has 1 aliphatic rings. The van der Waals surface area contributed by atoms with Gasteiger partial charge in [0.15, 0.2) is 0 Å². The van der Waals surface area contributed by atoms with Crippen LogP contribution in [0.25, 0.3) is 10.9 Å². The van der Waals surface area contributed by atoms with Crippen molar-refractivity contribution in [1.29, 1.82) is 0 Å². The number of aromatic nitrogens is 3. The van der Waals surface area contributed by atoms with Crippen molar-refractivity contribution in [3.63, 3.8) is 0 Å². The molecule has 0 aliphatic carbocycles. The fourth-order valence-corrected chi connectivity index (χ4v) is 3.42. The molecule has 5 N–H and O–H groups in total. The van der Waals surface area contributed by atoms with Gasteiger partial charge in [-0.2, -0.15) is 4.98 Å². The van der Waals surface area contributed by atoms with Gasteiger partial charge in [-0.25, -0.2) is 4.98 Å². The van der Waals surface area contributed by atoms with Crippen molar-refractivity contribution in [3.05, 3.63) is 42.2 Å². The predicted molar refractivity (Wildman–Crippen MR) is 106 cm³/mol. The summed E-state index contributed by atoms with van der Waals surface area (Å²) in [5.41, 5.74) is 7.73. The van der Waals surface area contributed by atoms with Crippen molar-refractivity contribution in [1.82, 2.24) is 19.9 Å². The molecule has 1 aromatic carbocycles. The molecule has 3 heterocycles. The molecule has 2 aromatic heterocycles. The number of nitrogens with zero attached hydrogens (tertiary/aromatic N) is 3. The van der Waals surface area contributed by atoms with Crippen LogP contribution >= 0.6 is 0 Å². The Morgan fingerprint density at radius 1 is 1.37 bits per heavy atom. The monoisotopic (exact) mass is 365 g/mol. The second-order valence-electron chi connectivity index (χ2n) is 6.80. The Morgan fingerprint density at radius 2 is 2.26 bits per heavy atom. The molecule has 8 heteroatoms. The number of benzene rings is 1. The lowest BCUT2D eigenvalue weighted by atomic mass is 10.1. The summed E-state index contributed by atoms with van der Waals surface area (Å²) in [6.45, 7) is 1.90. The van der Waals surface area contributed by atoms with E-state index in [1.807, 2.05) is 42.1 Å². The van der Waals surface area contributed by atoms with Gasteiger partial charge in [0.25, 0.3) is 5.91 Å². The zero-order valence-corrected chi connectivity index (χ0v) is 15.2. The van der Waals surface area contributed by atoms with Gasteiger partial charge in [0, 0.05) is 48.6 Å². The Balaban J connectivity index is 1.66. The van der Waals surface area contributed by atoms with Crippen LogP contribution in [0.2, 0.25) is 0 Å². The van der Waals surface area contributed by atoms with Gasteiger partial charge in [0.1, 0.15) is 11.4 Å². The summed E-state index contributed by atoms with van der Waals surface area (Å²) >= 11 is 0. The van der Waals surface area contributed by atoms with E-state index in [0.29, 0.717) is 11.8 Å². The van der Waals surface area contributed by atoms with Gasteiger partial charge >= 0.3 is 0 Å². The maximum atomic E-state index is 11.8. The number of primary amides is 1. The molecule has 27 heavy (non-hydrogen) atoms. The molecule has 3 aromatic rings. The molecule has 1 aliphatic heterocycles. The first-order chi connectivity index (χ1) is 13.1. The van der Waals surface area contributed by atoms with Gasteiger partial charge in [-0.3, -0.25) is 4.79 Å². The highest BCUT2D eigenvalue weighted by Crippen LogP contribution is 2.28. The standard InChI is InChI=1S/C19H23N7O/c1-26-9-7-13-15(5-2-6-16(13)26)24-18-14(17(20)27)11-22-19(25-18)23-12-4-3-8-21-10-12/h2,5-7,9,11-12,21H,3-4,8,10H2,1H3,(H2,20,27)(H2,22,23,24,25). The number of carbonyl (C=O) groups excluding carboxylic acids is 1. The van der Waals surface area contributed by atoms with Crippen LogP contribution in [0, 0.1) is 0 Å². The highest BCUT2D eigenvalue weighted by molar-refractivity contribution is 6.00. The molecule has 0 saturated carbocycles. The molecule has 140 valence electrons. The minimum Gasteiger partial charge on any atom is -0.365 e. The second kappa shape index (κ2) is 7.24. The minimum absolute atomic E-state index is 0.259. The van der Waals surface area contributed by atoms with Gasteiger partial charge in [-0.05, 0) is 37.6 Å². The summed E-state index contributed by atoms with van der Waals surface area (Å²) in [5, 5.41) is 11.0. The highest BCUT2D eigenvalue weighted by atomic mass is 16.1. The molecule has 1 fully saturated rings. The zero-order valence-electron chi connectivity index (χ0n) is 15.2. The summed E-state index contributed by atoms with van der Waals surface area (Å²) in [6, 6.07) is 8.24. The molecule has 8 nitrogen and oxygen atoms in total. The molecule has 0 radical (unpaired) electrons. The lowest BCUT2D eigenvalue weighted by molar-refractivity contribution is 0.100. The van der Waals surface area contributed by atoms with Gasteiger partial charge < -0.3 is 26.3 Å². The van der Waals surface area contributed by atoms with Crippen LogP contribution in [-0.2, 0) is 7.05 Å². The van der Waals surface area contributed by atoms with Crippen molar-refractivity contribution in [2.75, 3.05) is 23.7 Å². The molecule has 0 bridgehead atoms. The number of hydrogen-bond donors (Lipinski definition) is 4. The number of hydrogen-bond acceptors (Lipinski definition) is 6. The lowest BCUT2D eigenvalue weighted by Crippen LogP contribution is -2.38. The number of carbonyl (C=O) groups is 1. The summed E-state index contributed by atoms with van der Waals surface area (Å²) in [7, 11) is 1.99. The predicted octanol–water partition coefficient (Wildman–Crippen LogP) is 1.97. The topological polar surface area (TPSA) is 110 Å². The Morgan fingerprint density at radius 3 is 3.04 bits per heavy atom. The number of nitrogens with two attached hydrogens (primary N) is 1. The Labute approximate surface area is 157 Å². The summed E-state index contributed by atoms with van der Waals surface area (Å²) in [4.78, 5) is 20.6. The van der Waals surface area contributed by atoms with Gasteiger partial charge in [0.05, 0.1) is 0 Å². The normalized spacial score (nSPS) is 17.0. The summed E-state index contributed by atoms with van der Waals surface area (Å²) < 4.78 is 2.04. The van der Waals surface area contributed by atoms with Crippen LogP contribution in [0.15, 0.2) is 36.7 Å². The first-order valence-corrected chi connectivity index (χ1v) is 9.07. The van der Waals surface area contributed by atoms with Crippen LogP contribution in [-0.4, -0.2) is 39.6 Å². The SMILES string of the molecule is Cn1ccc2c(Nc3nc(NC4CCCNC4)ncc3C(N)=O)cccc21. The van der Waals surface area contributed by atoms with E-state index < -0.39 is 5.91 Å². The third-order valence-electron chi connectivity index (χ3n) is 4.87. The third-order valence-corrected chi connectivity index (χ3v) is 4.87. The number of aryl methyl sites for hydroxylation is 1. The number of amides is 1. The maximum absolute atomic E-state index is 11.8. The summed E-state index contributed by atoms with van der Waals surface area (Å²) in [6.07, 6.45) is 5.63. The van der Waals surface area contributed by atoms with Crippen molar-refractivity contribution >= 4 is 34.3 Å². The number of nitrogens with one attached hydrogen (secondary N) is 3. The largest absolute Gasteiger partial charge is 0.365 e. The second-order valence-corrected chi connectivity index (χ2v) is 6.80. The van der Waals surface area contributed by atoms with Crippen molar-refractivity contribution in [2.24, 2.45) is 12.8 Å². The lowest BCUT2D eigenvalue weighted by Gasteiger charge is -2.24. The van der Waals surface area contributed by atoms with Crippen LogP contribution in [0.3, 0.4) is 0 Å². The van der Waals surface area contributed by atoms with Gasteiger partial charge in [-0.1, -0.05) is 6.07 Å². The smallest absolute Gasteiger partial charge is 0.254 e. The molecule has 1 atom stereocenters. The van der Waals surface area contributed by atoms with E-state index in [-0.39, 0.29) is 11.6 Å². The zero-order chi connectivity index (χ0) is 18.8. The van der Waals surface area contributed by atoms with Crippen molar-refractivity contribution < 1.29 is 4.79 Å². The highest BCUT2D eigenvalue weighted by Gasteiger charge is 2.17. The van der Waals surface area contributed by atoms with Gasteiger partial charge in [-0.15, -0.1) is 0 Å². The number of rotatable bonds is 5. The molecule has 4 rings (SSSR count). The van der Waals surface area contributed by atoms with Gasteiger partial charge in [0.2, 0.25) is 5.95 Å². The molecule has 1 amide bonds. The van der Waals surface area contributed by atoms with E-state index >= 15 is 0 Å². The van der Waals surface area contributed by atoms with E-state index in [1.54, 1.807) is 0 Å². The first-order valence-electron chi connectivity index (χ1n) is 9.07. The Bertz CT molecular complexity index is 975. The molecular weight excluding hydrogens is 342 g/mol. The Hall–Kier alpha value is -3.13. The van der Waals surface area contributed by atoms with E-state index in [9.17, 15) is 4.79 Å².